The number of allylic oxidation sites excluding steroid dienone is 1. The van der Waals surface area contributed by atoms with Crippen molar-refractivity contribution in [1.29, 1.82) is 0 Å². The van der Waals surface area contributed by atoms with Crippen molar-refractivity contribution in [3.05, 3.63) is 41.2 Å². The first-order chi connectivity index (χ1) is 12.2. The van der Waals surface area contributed by atoms with E-state index in [9.17, 15) is 22.0 Å². The van der Waals surface area contributed by atoms with E-state index in [-0.39, 0.29) is 23.4 Å². The van der Waals surface area contributed by atoms with Gasteiger partial charge in [-0.1, -0.05) is 17.4 Å². The molecule has 3 rings (SSSR count). The summed E-state index contributed by atoms with van der Waals surface area (Å²) in [6, 6.07) is 1.07. The van der Waals surface area contributed by atoms with Gasteiger partial charge in [0.2, 0.25) is 10.0 Å². The number of halogens is 2. The van der Waals surface area contributed by atoms with Crippen molar-refractivity contribution in [2.24, 2.45) is 4.99 Å². The molecule has 1 saturated heterocycles. The van der Waals surface area contributed by atoms with Crippen LogP contribution < -0.4 is 4.80 Å². The third-order valence-electron chi connectivity index (χ3n) is 4.13. The molecule has 1 amide bonds. The lowest BCUT2D eigenvalue weighted by atomic mass is 10.2. The minimum Gasteiger partial charge on any atom is -0.310 e. The second kappa shape index (κ2) is 7.01. The van der Waals surface area contributed by atoms with Gasteiger partial charge in [0.1, 0.15) is 11.9 Å². The number of nitrogens with zero attached hydrogens (tertiary/aromatic N) is 3. The molecule has 0 saturated carbocycles. The lowest BCUT2D eigenvalue weighted by Crippen LogP contribution is -2.39. The zero-order valence-electron chi connectivity index (χ0n) is 14.0. The number of amides is 1. The van der Waals surface area contributed by atoms with Crippen molar-refractivity contribution in [1.82, 2.24) is 8.87 Å². The first-order valence-corrected chi connectivity index (χ1v) is 10.5. The lowest BCUT2D eigenvalue weighted by molar-refractivity contribution is -0.121. The van der Waals surface area contributed by atoms with E-state index in [2.05, 4.69) is 11.6 Å². The van der Waals surface area contributed by atoms with E-state index in [1.165, 1.54) is 16.7 Å². The molecule has 0 N–H and O–H groups in total. The van der Waals surface area contributed by atoms with Crippen LogP contribution in [0.1, 0.15) is 12.8 Å². The summed E-state index contributed by atoms with van der Waals surface area (Å²) in [6.45, 7) is 4.05. The van der Waals surface area contributed by atoms with Crippen LogP contribution in [-0.2, 0) is 21.4 Å². The maximum atomic E-state index is 14.2. The van der Waals surface area contributed by atoms with Crippen LogP contribution in [0, 0.1) is 11.6 Å². The number of aromatic nitrogens is 1. The third kappa shape index (κ3) is 3.49. The highest BCUT2D eigenvalue weighted by Gasteiger charge is 2.36. The third-order valence-corrected chi connectivity index (χ3v) is 6.44. The number of carbonyl (C=O) groups excluding carboxylic acids is 1. The summed E-state index contributed by atoms with van der Waals surface area (Å²) in [6.07, 6.45) is 3.51. The van der Waals surface area contributed by atoms with Crippen LogP contribution in [0.25, 0.3) is 10.2 Å². The smallest absolute Gasteiger partial charge is 0.266 e. The molecular weight excluding hydrogens is 384 g/mol. The first kappa shape index (κ1) is 18.9. The quantitative estimate of drug-likeness (QED) is 0.736. The number of hydrogen-bond donors (Lipinski definition) is 0. The molecule has 1 fully saturated rings. The summed E-state index contributed by atoms with van der Waals surface area (Å²) in [5, 5.41) is 0. The predicted octanol–water partition coefficient (Wildman–Crippen LogP) is 2.02. The Bertz CT molecular complexity index is 1060. The summed E-state index contributed by atoms with van der Waals surface area (Å²) < 4.78 is 54.2. The van der Waals surface area contributed by atoms with E-state index in [0.717, 1.165) is 28.0 Å². The van der Waals surface area contributed by atoms with Gasteiger partial charge in [0.05, 0.1) is 16.5 Å². The SMILES string of the molecule is C=CCn1c(=NC(=O)C2CCCN2S(C)(=O)=O)sc2cc(F)cc(F)c21. The predicted molar refractivity (Wildman–Crippen MR) is 95.1 cm³/mol. The minimum absolute atomic E-state index is 0.134. The average Bonchev–Trinajstić information content (AvgIpc) is 3.13. The molecule has 1 aromatic carbocycles. The van der Waals surface area contributed by atoms with Crippen LogP contribution in [0.15, 0.2) is 29.8 Å². The highest BCUT2D eigenvalue weighted by Crippen LogP contribution is 2.24. The zero-order valence-corrected chi connectivity index (χ0v) is 15.6. The molecule has 1 aliphatic rings. The van der Waals surface area contributed by atoms with Gasteiger partial charge in [-0.05, 0) is 18.9 Å². The van der Waals surface area contributed by atoms with Gasteiger partial charge in [-0.2, -0.15) is 9.30 Å². The van der Waals surface area contributed by atoms with E-state index in [0.29, 0.717) is 17.5 Å². The Morgan fingerprint density at radius 3 is 2.85 bits per heavy atom. The molecule has 0 radical (unpaired) electrons. The van der Waals surface area contributed by atoms with Crippen LogP contribution in [0.2, 0.25) is 0 Å². The van der Waals surface area contributed by atoms with E-state index in [1.54, 1.807) is 0 Å². The van der Waals surface area contributed by atoms with Gasteiger partial charge in [-0.25, -0.2) is 17.2 Å². The Morgan fingerprint density at radius 2 is 2.19 bits per heavy atom. The second-order valence-corrected chi connectivity index (χ2v) is 8.94. The van der Waals surface area contributed by atoms with Crippen molar-refractivity contribution in [3.8, 4) is 0 Å². The fraction of sp³-hybridized carbons (Fsp3) is 0.375. The maximum Gasteiger partial charge on any atom is 0.266 e. The van der Waals surface area contributed by atoms with Crippen molar-refractivity contribution in [2.45, 2.75) is 25.4 Å². The summed E-state index contributed by atoms with van der Waals surface area (Å²) in [4.78, 5) is 16.8. The molecule has 1 unspecified atom stereocenters. The van der Waals surface area contributed by atoms with E-state index < -0.39 is 33.6 Å². The highest BCUT2D eigenvalue weighted by atomic mass is 32.2. The Morgan fingerprint density at radius 1 is 1.46 bits per heavy atom. The Kier molecular flexibility index (Phi) is 5.09. The summed E-state index contributed by atoms with van der Waals surface area (Å²) >= 11 is 0.968. The van der Waals surface area contributed by atoms with Crippen LogP contribution in [0.4, 0.5) is 8.78 Å². The Labute approximate surface area is 153 Å². The van der Waals surface area contributed by atoms with Gasteiger partial charge in [0.15, 0.2) is 10.6 Å². The molecule has 1 aliphatic heterocycles. The first-order valence-electron chi connectivity index (χ1n) is 7.87. The van der Waals surface area contributed by atoms with Crippen LogP contribution in [0.5, 0.6) is 0 Å². The largest absolute Gasteiger partial charge is 0.310 e. The highest BCUT2D eigenvalue weighted by molar-refractivity contribution is 7.88. The van der Waals surface area contributed by atoms with Gasteiger partial charge < -0.3 is 4.57 Å². The fourth-order valence-corrected chi connectivity index (χ4v) is 5.27. The van der Waals surface area contributed by atoms with Crippen molar-refractivity contribution >= 4 is 37.5 Å². The van der Waals surface area contributed by atoms with Crippen LogP contribution >= 0.6 is 11.3 Å². The van der Waals surface area contributed by atoms with Crippen LogP contribution in [0.3, 0.4) is 0 Å². The number of hydrogen-bond acceptors (Lipinski definition) is 4. The molecule has 0 bridgehead atoms. The standard InChI is InChI=1S/C16H17F2N3O3S2/c1-3-6-20-14-11(18)8-10(17)9-13(14)25-16(20)19-15(22)12-5-4-7-21(12)26(2,23)24/h3,8-9,12H,1,4-7H2,2H3. The van der Waals surface area contributed by atoms with E-state index >= 15 is 0 Å². The average molecular weight is 401 g/mol. The number of benzene rings is 1. The number of carbonyl (C=O) groups is 1. The maximum absolute atomic E-state index is 14.2. The molecule has 1 atom stereocenters. The van der Waals surface area contributed by atoms with Gasteiger partial charge in [-0.15, -0.1) is 6.58 Å². The molecular formula is C16H17F2N3O3S2. The Hall–Kier alpha value is -1.91. The van der Waals surface area contributed by atoms with Crippen molar-refractivity contribution < 1.29 is 22.0 Å². The zero-order chi connectivity index (χ0) is 19.1. The lowest BCUT2D eigenvalue weighted by Gasteiger charge is -2.18. The van der Waals surface area contributed by atoms with Crippen molar-refractivity contribution in [2.75, 3.05) is 12.8 Å². The molecule has 0 aliphatic carbocycles. The molecule has 10 heteroatoms. The van der Waals surface area contributed by atoms with E-state index in [1.807, 2.05) is 0 Å². The Balaban J connectivity index is 2.12. The van der Waals surface area contributed by atoms with Gasteiger partial charge >= 0.3 is 0 Å². The monoisotopic (exact) mass is 401 g/mol. The summed E-state index contributed by atoms with van der Waals surface area (Å²) in [5.41, 5.74) is 0.134. The topological polar surface area (TPSA) is 71.7 Å². The molecule has 2 heterocycles. The molecule has 0 spiro atoms. The van der Waals surface area contributed by atoms with Gasteiger partial charge in [-0.3, -0.25) is 4.79 Å². The number of fused-ring (bicyclic) bond motifs is 1. The molecule has 6 nitrogen and oxygen atoms in total. The molecule has 2 aromatic rings. The normalized spacial score (nSPS) is 19.3. The van der Waals surface area contributed by atoms with Gasteiger partial charge in [0.25, 0.3) is 5.91 Å². The number of thiazole rings is 1. The fourth-order valence-electron chi connectivity index (χ4n) is 3.07. The van der Waals surface area contributed by atoms with Gasteiger partial charge in [0, 0.05) is 19.2 Å². The number of sulfonamides is 1. The molecule has 1 aromatic heterocycles. The molecule has 26 heavy (non-hydrogen) atoms. The van der Waals surface area contributed by atoms with E-state index in [4.69, 9.17) is 0 Å². The van der Waals surface area contributed by atoms with Crippen molar-refractivity contribution in [3.63, 3.8) is 0 Å². The second-order valence-electron chi connectivity index (χ2n) is 6.00. The summed E-state index contributed by atoms with van der Waals surface area (Å²) in [7, 11) is -3.52. The van der Waals surface area contributed by atoms with Crippen LogP contribution in [-0.4, -0.2) is 42.0 Å². The minimum atomic E-state index is -3.52. The molecule has 140 valence electrons. The number of rotatable bonds is 4. The summed E-state index contributed by atoms with van der Waals surface area (Å²) in [5.74, 6) is -2.09.